The molecular formula is C8H7Br2FN2S. The summed E-state index contributed by atoms with van der Waals surface area (Å²) in [5.74, 6) is -0.371. The summed E-state index contributed by atoms with van der Waals surface area (Å²) in [5.41, 5.74) is 0.326. The van der Waals surface area contributed by atoms with Gasteiger partial charge >= 0.3 is 0 Å². The zero-order valence-electron chi connectivity index (χ0n) is 7.20. The Morgan fingerprint density at radius 1 is 1.43 bits per heavy atom. The monoisotopic (exact) mass is 340 g/mol. The van der Waals surface area contributed by atoms with Crippen LogP contribution in [0.5, 0.6) is 0 Å². The van der Waals surface area contributed by atoms with Crippen LogP contribution in [0.1, 0.15) is 0 Å². The summed E-state index contributed by atoms with van der Waals surface area (Å²) in [6, 6.07) is 3.11. The first-order chi connectivity index (χ1) is 6.54. The molecule has 0 unspecified atom stereocenters. The average molecular weight is 342 g/mol. The molecule has 6 heteroatoms. The van der Waals surface area contributed by atoms with E-state index in [0.717, 1.165) is 0 Å². The molecule has 0 bridgehead atoms. The second-order valence-electron chi connectivity index (χ2n) is 2.45. The molecule has 1 aromatic rings. The Morgan fingerprint density at radius 2 is 2.07 bits per heavy atom. The van der Waals surface area contributed by atoms with Crippen molar-refractivity contribution in [2.75, 3.05) is 12.4 Å². The van der Waals surface area contributed by atoms with Crippen molar-refractivity contribution >= 4 is 54.9 Å². The fourth-order valence-corrected chi connectivity index (χ4v) is 2.21. The van der Waals surface area contributed by atoms with Gasteiger partial charge in [0.15, 0.2) is 5.11 Å². The predicted octanol–water partition coefficient (Wildman–Crippen LogP) is 3.27. The second kappa shape index (κ2) is 5.04. The van der Waals surface area contributed by atoms with Crippen LogP contribution in [0.15, 0.2) is 21.1 Å². The van der Waals surface area contributed by atoms with Gasteiger partial charge < -0.3 is 10.6 Å². The highest BCUT2D eigenvalue weighted by Crippen LogP contribution is 2.29. The fourth-order valence-electron chi connectivity index (χ4n) is 0.838. The molecule has 0 saturated carbocycles. The molecule has 0 amide bonds. The molecule has 76 valence electrons. The van der Waals surface area contributed by atoms with Gasteiger partial charge in [-0.25, -0.2) is 4.39 Å². The van der Waals surface area contributed by atoms with Gasteiger partial charge in [-0.1, -0.05) is 15.9 Å². The third-order valence-electron chi connectivity index (χ3n) is 1.47. The Labute approximate surface area is 104 Å². The smallest absolute Gasteiger partial charge is 0.170 e. The van der Waals surface area contributed by atoms with Gasteiger partial charge in [0.05, 0.1) is 5.69 Å². The van der Waals surface area contributed by atoms with E-state index in [1.54, 1.807) is 13.1 Å². The zero-order chi connectivity index (χ0) is 10.7. The summed E-state index contributed by atoms with van der Waals surface area (Å²) in [6.45, 7) is 0. The van der Waals surface area contributed by atoms with E-state index < -0.39 is 0 Å². The van der Waals surface area contributed by atoms with Gasteiger partial charge in [-0.05, 0) is 40.3 Å². The van der Waals surface area contributed by atoms with Crippen molar-refractivity contribution in [2.24, 2.45) is 0 Å². The van der Waals surface area contributed by atoms with Crippen LogP contribution >= 0.6 is 44.1 Å². The molecule has 14 heavy (non-hydrogen) atoms. The Balaban J connectivity index is 3.02. The van der Waals surface area contributed by atoms with Gasteiger partial charge in [0, 0.05) is 16.0 Å². The normalized spacial score (nSPS) is 9.71. The first-order valence-corrected chi connectivity index (χ1v) is 5.67. The van der Waals surface area contributed by atoms with Crippen molar-refractivity contribution in [1.82, 2.24) is 5.32 Å². The predicted molar refractivity (Wildman–Crippen MR) is 67.1 cm³/mol. The van der Waals surface area contributed by atoms with Gasteiger partial charge in [-0.3, -0.25) is 0 Å². The Hall–Kier alpha value is -0.200. The minimum absolute atomic E-state index is 0.326. The van der Waals surface area contributed by atoms with Crippen LogP contribution in [0.25, 0.3) is 0 Å². The molecule has 2 N–H and O–H groups in total. The lowest BCUT2D eigenvalue weighted by molar-refractivity contribution is 0.630. The highest BCUT2D eigenvalue weighted by Gasteiger charge is 2.09. The van der Waals surface area contributed by atoms with Crippen LogP contribution < -0.4 is 10.6 Å². The van der Waals surface area contributed by atoms with Crippen molar-refractivity contribution < 1.29 is 4.39 Å². The molecule has 0 aliphatic heterocycles. The molecule has 0 spiro atoms. The van der Waals surface area contributed by atoms with Crippen molar-refractivity contribution in [3.8, 4) is 0 Å². The average Bonchev–Trinajstić information content (AvgIpc) is 2.10. The van der Waals surface area contributed by atoms with E-state index in [1.165, 1.54) is 6.07 Å². The molecule has 0 aliphatic carbocycles. The topological polar surface area (TPSA) is 24.1 Å². The number of benzene rings is 1. The highest BCUT2D eigenvalue weighted by molar-refractivity contribution is 9.11. The standard InChI is InChI=1S/C8H7Br2FN2S/c1-12-8(14)13-7-5(10)2-4(9)3-6(7)11/h2-3H,1H3,(H2,12,13,14). The van der Waals surface area contributed by atoms with E-state index in [0.29, 0.717) is 19.7 Å². The summed E-state index contributed by atoms with van der Waals surface area (Å²) >= 11 is 11.3. The summed E-state index contributed by atoms with van der Waals surface area (Å²) in [5, 5.41) is 5.80. The number of hydrogen-bond donors (Lipinski definition) is 2. The maximum Gasteiger partial charge on any atom is 0.170 e. The number of hydrogen-bond acceptors (Lipinski definition) is 1. The van der Waals surface area contributed by atoms with E-state index >= 15 is 0 Å². The molecule has 0 fully saturated rings. The van der Waals surface area contributed by atoms with Crippen molar-refractivity contribution in [3.05, 3.63) is 26.9 Å². The van der Waals surface area contributed by atoms with Crippen LogP contribution in [0.3, 0.4) is 0 Å². The molecule has 0 atom stereocenters. The molecule has 0 saturated heterocycles. The van der Waals surface area contributed by atoms with Crippen LogP contribution in [0.2, 0.25) is 0 Å². The quantitative estimate of drug-likeness (QED) is 0.767. The van der Waals surface area contributed by atoms with Gasteiger partial charge in [0.1, 0.15) is 5.82 Å². The number of thiocarbonyl (C=S) groups is 1. The van der Waals surface area contributed by atoms with Crippen molar-refractivity contribution in [2.45, 2.75) is 0 Å². The first kappa shape index (κ1) is 11.9. The van der Waals surface area contributed by atoms with E-state index in [1.807, 2.05) is 0 Å². The molecule has 1 rings (SSSR count). The Bertz CT molecular complexity index is 347. The number of halogens is 3. The molecule has 1 aromatic carbocycles. The van der Waals surface area contributed by atoms with E-state index in [4.69, 9.17) is 12.2 Å². The lowest BCUT2D eigenvalue weighted by Crippen LogP contribution is -2.24. The highest BCUT2D eigenvalue weighted by atomic mass is 79.9. The lowest BCUT2D eigenvalue weighted by Gasteiger charge is -2.10. The Kier molecular flexibility index (Phi) is 4.28. The summed E-state index contributed by atoms with van der Waals surface area (Å²) in [4.78, 5) is 0. The van der Waals surface area contributed by atoms with Gasteiger partial charge in [-0.2, -0.15) is 0 Å². The second-order valence-corrected chi connectivity index (χ2v) is 4.63. The SMILES string of the molecule is CNC(=S)Nc1c(F)cc(Br)cc1Br. The molecule has 2 nitrogen and oxygen atoms in total. The first-order valence-electron chi connectivity index (χ1n) is 3.68. The van der Waals surface area contributed by atoms with Crippen molar-refractivity contribution in [3.63, 3.8) is 0 Å². The molecule has 0 heterocycles. The van der Waals surface area contributed by atoms with E-state index in [9.17, 15) is 4.39 Å². The van der Waals surface area contributed by atoms with Gasteiger partial charge in [0.25, 0.3) is 0 Å². The molecule has 0 radical (unpaired) electrons. The summed E-state index contributed by atoms with van der Waals surface area (Å²) in [7, 11) is 1.67. The van der Waals surface area contributed by atoms with Crippen LogP contribution in [0.4, 0.5) is 10.1 Å². The third-order valence-corrected chi connectivity index (χ3v) is 2.86. The minimum Gasteiger partial charge on any atom is -0.366 e. The van der Waals surface area contributed by atoms with Crippen LogP contribution in [0, 0.1) is 5.82 Å². The maximum atomic E-state index is 13.4. The van der Waals surface area contributed by atoms with Gasteiger partial charge in [0.2, 0.25) is 0 Å². The number of nitrogens with one attached hydrogen (secondary N) is 2. The fraction of sp³-hybridized carbons (Fsp3) is 0.125. The Morgan fingerprint density at radius 3 is 2.57 bits per heavy atom. The molecule has 0 aliphatic rings. The molecule has 0 aromatic heterocycles. The summed E-state index contributed by atoms with van der Waals surface area (Å²) in [6.07, 6.45) is 0. The third kappa shape index (κ3) is 2.90. The van der Waals surface area contributed by atoms with Crippen LogP contribution in [-0.4, -0.2) is 12.2 Å². The van der Waals surface area contributed by atoms with E-state index in [-0.39, 0.29) is 5.82 Å². The largest absolute Gasteiger partial charge is 0.366 e. The maximum absolute atomic E-state index is 13.4. The molecular weight excluding hydrogens is 335 g/mol. The van der Waals surface area contributed by atoms with Gasteiger partial charge in [-0.15, -0.1) is 0 Å². The van der Waals surface area contributed by atoms with E-state index in [2.05, 4.69) is 42.5 Å². The minimum atomic E-state index is -0.371. The van der Waals surface area contributed by atoms with Crippen LogP contribution in [-0.2, 0) is 0 Å². The number of rotatable bonds is 1. The number of anilines is 1. The zero-order valence-corrected chi connectivity index (χ0v) is 11.2. The lowest BCUT2D eigenvalue weighted by atomic mass is 10.3. The summed E-state index contributed by atoms with van der Waals surface area (Å²) < 4.78 is 14.7. The van der Waals surface area contributed by atoms with Crippen molar-refractivity contribution in [1.29, 1.82) is 0 Å².